The van der Waals surface area contributed by atoms with Crippen LogP contribution in [0, 0.1) is 0 Å². The normalized spacial score (nSPS) is 11.2. The quantitative estimate of drug-likeness (QED) is 0.424. The molecule has 0 radical (unpaired) electrons. The Morgan fingerprint density at radius 3 is 2.13 bits per heavy atom. The average molecular weight is 405 g/mol. The second-order valence-electron chi connectivity index (χ2n) is 6.41. The van der Waals surface area contributed by atoms with Crippen LogP contribution in [-0.4, -0.2) is 31.2 Å². The highest BCUT2D eigenvalue weighted by atomic mass is 16.6. The number of carbonyl (C=O) groups is 2. The maximum atomic E-state index is 12.6. The van der Waals surface area contributed by atoms with Crippen molar-refractivity contribution < 1.29 is 23.8 Å². The minimum Gasteiger partial charge on any atom is -0.490 e. The largest absolute Gasteiger partial charge is 0.490 e. The molecule has 1 amide bonds. The first-order valence-corrected chi connectivity index (χ1v) is 9.60. The van der Waals surface area contributed by atoms with Crippen molar-refractivity contribution in [3.05, 3.63) is 90.5 Å². The summed E-state index contributed by atoms with van der Waals surface area (Å²) in [7, 11) is 0. The van der Waals surface area contributed by atoms with Gasteiger partial charge in [-0.1, -0.05) is 48.5 Å². The molecular formula is C24H23NO5. The van der Waals surface area contributed by atoms with Gasteiger partial charge in [-0.3, -0.25) is 4.79 Å². The molecule has 154 valence electrons. The molecule has 1 atom stereocenters. The number of amides is 1. The molecule has 3 aromatic rings. The van der Waals surface area contributed by atoms with Gasteiger partial charge in [0.15, 0.2) is 6.10 Å². The van der Waals surface area contributed by atoms with E-state index >= 15 is 0 Å². The fourth-order valence-electron chi connectivity index (χ4n) is 2.63. The van der Waals surface area contributed by atoms with Gasteiger partial charge in [-0.2, -0.15) is 0 Å². The molecule has 0 saturated carbocycles. The van der Waals surface area contributed by atoms with Crippen molar-refractivity contribution in [2.24, 2.45) is 0 Å². The number of ether oxygens (including phenoxy) is 3. The molecule has 30 heavy (non-hydrogen) atoms. The number of nitrogens with one attached hydrogen (secondary N) is 1. The molecule has 0 unspecified atom stereocenters. The van der Waals surface area contributed by atoms with Crippen LogP contribution >= 0.6 is 0 Å². The smallest absolute Gasteiger partial charge is 0.342 e. The minimum absolute atomic E-state index is 0.247. The number of anilines is 1. The first-order chi connectivity index (χ1) is 14.6. The van der Waals surface area contributed by atoms with Crippen molar-refractivity contribution in [3.8, 4) is 11.5 Å². The third-order valence-corrected chi connectivity index (χ3v) is 4.15. The Balaban J connectivity index is 1.53. The van der Waals surface area contributed by atoms with Crippen LogP contribution in [0.25, 0.3) is 0 Å². The standard InChI is InChI=1S/C24H23NO5/c1-18(23(26)25-19-10-4-2-5-11-19)30-24(27)21-14-8-9-15-22(21)29-17-16-28-20-12-6-3-7-13-20/h2-15,18H,16-17H2,1H3,(H,25,26)/t18-/m1/s1. The van der Waals surface area contributed by atoms with E-state index in [1.807, 2.05) is 36.4 Å². The molecule has 0 aliphatic rings. The highest BCUT2D eigenvalue weighted by molar-refractivity contribution is 5.98. The molecule has 0 heterocycles. The SMILES string of the molecule is C[C@@H](OC(=O)c1ccccc1OCCOc1ccccc1)C(=O)Nc1ccccc1. The van der Waals surface area contributed by atoms with E-state index in [1.54, 1.807) is 48.5 Å². The van der Waals surface area contributed by atoms with Gasteiger partial charge in [0.2, 0.25) is 0 Å². The van der Waals surface area contributed by atoms with Crippen LogP contribution in [0.2, 0.25) is 0 Å². The summed E-state index contributed by atoms with van der Waals surface area (Å²) in [4.78, 5) is 24.8. The van der Waals surface area contributed by atoms with Crippen molar-refractivity contribution >= 4 is 17.6 Å². The first kappa shape index (κ1) is 20.9. The number of para-hydroxylation sites is 3. The van der Waals surface area contributed by atoms with Gasteiger partial charge in [0.05, 0.1) is 0 Å². The Bertz CT molecular complexity index is 960. The van der Waals surface area contributed by atoms with E-state index in [0.717, 1.165) is 5.75 Å². The number of hydrogen-bond donors (Lipinski definition) is 1. The zero-order valence-electron chi connectivity index (χ0n) is 16.6. The first-order valence-electron chi connectivity index (χ1n) is 9.60. The molecule has 3 rings (SSSR count). The fraction of sp³-hybridized carbons (Fsp3) is 0.167. The van der Waals surface area contributed by atoms with Gasteiger partial charge < -0.3 is 19.5 Å². The van der Waals surface area contributed by atoms with Crippen LogP contribution in [0.15, 0.2) is 84.9 Å². The lowest BCUT2D eigenvalue weighted by Crippen LogP contribution is -2.30. The van der Waals surface area contributed by atoms with Crippen LogP contribution in [0.1, 0.15) is 17.3 Å². The molecule has 0 bridgehead atoms. The summed E-state index contributed by atoms with van der Waals surface area (Å²) in [5.41, 5.74) is 0.879. The topological polar surface area (TPSA) is 73.9 Å². The monoisotopic (exact) mass is 405 g/mol. The van der Waals surface area contributed by atoms with Gasteiger partial charge in [-0.25, -0.2) is 4.79 Å². The van der Waals surface area contributed by atoms with Crippen molar-refractivity contribution in [1.82, 2.24) is 0 Å². The van der Waals surface area contributed by atoms with Gasteiger partial charge in [0.25, 0.3) is 5.91 Å². The molecule has 0 fully saturated rings. The summed E-state index contributed by atoms with van der Waals surface area (Å²) in [6.07, 6.45) is -0.966. The molecule has 0 aromatic heterocycles. The molecule has 0 aliphatic heterocycles. The summed E-state index contributed by atoms with van der Waals surface area (Å²) in [6.45, 7) is 2.10. The predicted molar refractivity (Wildman–Crippen MR) is 114 cm³/mol. The van der Waals surface area contributed by atoms with E-state index in [1.165, 1.54) is 6.92 Å². The average Bonchev–Trinajstić information content (AvgIpc) is 2.78. The molecule has 1 N–H and O–H groups in total. The number of hydrogen-bond acceptors (Lipinski definition) is 5. The fourth-order valence-corrected chi connectivity index (χ4v) is 2.63. The van der Waals surface area contributed by atoms with Crippen molar-refractivity contribution in [1.29, 1.82) is 0 Å². The maximum Gasteiger partial charge on any atom is 0.342 e. The highest BCUT2D eigenvalue weighted by Crippen LogP contribution is 2.20. The summed E-state index contributed by atoms with van der Waals surface area (Å²) < 4.78 is 16.6. The van der Waals surface area contributed by atoms with Crippen molar-refractivity contribution in [3.63, 3.8) is 0 Å². The summed E-state index contributed by atoms with van der Waals surface area (Å²) >= 11 is 0. The number of rotatable bonds is 9. The van der Waals surface area contributed by atoms with Crippen LogP contribution in [0.5, 0.6) is 11.5 Å². The lowest BCUT2D eigenvalue weighted by molar-refractivity contribution is -0.123. The summed E-state index contributed by atoms with van der Waals surface area (Å²) in [6, 6.07) is 25.1. The van der Waals surface area contributed by atoms with Crippen LogP contribution in [0.3, 0.4) is 0 Å². The van der Waals surface area contributed by atoms with Gasteiger partial charge in [-0.15, -0.1) is 0 Å². The Hall–Kier alpha value is -3.80. The van der Waals surface area contributed by atoms with Crippen LogP contribution in [-0.2, 0) is 9.53 Å². The Morgan fingerprint density at radius 1 is 0.800 bits per heavy atom. The summed E-state index contributed by atoms with van der Waals surface area (Å²) in [5, 5.41) is 2.71. The molecular weight excluding hydrogens is 382 g/mol. The zero-order chi connectivity index (χ0) is 21.2. The van der Waals surface area contributed by atoms with Gasteiger partial charge in [0, 0.05) is 5.69 Å². The highest BCUT2D eigenvalue weighted by Gasteiger charge is 2.21. The number of carbonyl (C=O) groups excluding carboxylic acids is 2. The van der Waals surface area contributed by atoms with E-state index < -0.39 is 18.0 Å². The molecule has 0 spiro atoms. The number of benzene rings is 3. The molecule has 0 aliphatic carbocycles. The molecule has 3 aromatic carbocycles. The second kappa shape index (κ2) is 10.7. The Kier molecular flexibility index (Phi) is 7.44. The van der Waals surface area contributed by atoms with Gasteiger partial charge in [-0.05, 0) is 43.3 Å². The van der Waals surface area contributed by atoms with E-state index in [2.05, 4.69) is 5.32 Å². The molecule has 0 saturated heterocycles. The van der Waals surface area contributed by atoms with Gasteiger partial charge in [0.1, 0.15) is 30.3 Å². The van der Waals surface area contributed by atoms with E-state index in [4.69, 9.17) is 14.2 Å². The minimum atomic E-state index is -0.966. The van der Waals surface area contributed by atoms with Crippen LogP contribution < -0.4 is 14.8 Å². The van der Waals surface area contributed by atoms with Crippen LogP contribution in [0.4, 0.5) is 5.69 Å². The lowest BCUT2D eigenvalue weighted by Gasteiger charge is -2.15. The Labute approximate surface area is 175 Å². The van der Waals surface area contributed by atoms with E-state index in [9.17, 15) is 9.59 Å². The second-order valence-corrected chi connectivity index (χ2v) is 6.41. The van der Waals surface area contributed by atoms with E-state index in [-0.39, 0.29) is 12.2 Å². The maximum absolute atomic E-state index is 12.6. The Morgan fingerprint density at radius 2 is 1.40 bits per heavy atom. The third-order valence-electron chi connectivity index (χ3n) is 4.15. The lowest BCUT2D eigenvalue weighted by atomic mass is 10.2. The summed E-state index contributed by atoms with van der Waals surface area (Å²) in [5.74, 6) is 0.0661. The molecule has 6 nitrogen and oxygen atoms in total. The zero-order valence-corrected chi connectivity index (χ0v) is 16.6. The van der Waals surface area contributed by atoms with Crippen molar-refractivity contribution in [2.45, 2.75) is 13.0 Å². The molecule has 6 heteroatoms. The third kappa shape index (κ3) is 6.10. The predicted octanol–water partition coefficient (Wildman–Crippen LogP) is 4.33. The van der Waals surface area contributed by atoms with Gasteiger partial charge >= 0.3 is 5.97 Å². The number of esters is 1. The van der Waals surface area contributed by atoms with E-state index in [0.29, 0.717) is 18.0 Å². The van der Waals surface area contributed by atoms with Crippen molar-refractivity contribution in [2.75, 3.05) is 18.5 Å².